The Kier molecular flexibility index (Phi) is 7.21. The lowest BCUT2D eigenvalue weighted by Crippen LogP contribution is -2.44. The molecule has 7 nitrogen and oxygen atoms in total. The number of para-hydroxylation sites is 2. The van der Waals surface area contributed by atoms with Crippen LogP contribution < -0.4 is 15.8 Å². The summed E-state index contributed by atoms with van der Waals surface area (Å²) < 4.78 is 10.9. The first-order chi connectivity index (χ1) is 12.1. The summed E-state index contributed by atoms with van der Waals surface area (Å²) >= 11 is 0. The van der Waals surface area contributed by atoms with Crippen LogP contribution in [0.4, 0.5) is 5.69 Å². The number of hydrogen-bond donors (Lipinski definition) is 2. The second-order valence-corrected chi connectivity index (χ2v) is 6.07. The van der Waals surface area contributed by atoms with Crippen molar-refractivity contribution in [3.05, 3.63) is 24.3 Å². The van der Waals surface area contributed by atoms with Gasteiger partial charge in [0.2, 0.25) is 5.91 Å². The summed E-state index contributed by atoms with van der Waals surface area (Å²) in [6, 6.07) is 7.16. The fourth-order valence-electron chi connectivity index (χ4n) is 2.91. The average Bonchev–Trinajstić information content (AvgIpc) is 3.10. The quantitative estimate of drug-likeness (QED) is 0.739. The summed E-state index contributed by atoms with van der Waals surface area (Å²) in [5.41, 5.74) is 6.18. The molecular formula is C18H27N3O4. The van der Waals surface area contributed by atoms with Gasteiger partial charge in [-0.25, -0.2) is 0 Å². The van der Waals surface area contributed by atoms with E-state index in [0.29, 0.717) is 30.9 Å². The molecule has 0 bridgehead atoms. The molecule has 2 rings (SSSR count). The molecule has 3 N–H and O–H groups in total. The average molecular weight is 349 g/mol. The van der Waals surface area contributed by atoms with Crippen LogP contribution in [0.25, 0.3) is 0 Å². The largest absolute Gasteiger partial charge is 0.495 e. The molecule has 0 saturated carbocycles. The van der Waals surface area contributed by atoms with Crippen molar-refractivity contribution in [2.75, 3.05) is 32.1 Å². The summed E-state index contributed by atoms with van der Waals surface area (Å²) in [6.45, 7) is 2.87. The third kappa shape index (κ3) is 5.17. The van der Waals surface area contributed by atoms with Crippen LogP contribution in [0.15, 0.2) is 24.3 Å². The number of carbonyl (C=O) groups is 2. The number of rotatable bonds is 8. The minimum Gasteiger partial charge on any atom is -0.495 e. The van der Waals surface area contributed by atoms with E-state index in [1.165, 1.54) is 0 Å². The molecule has 0 spiro atoms. The number of benzene rings is 1. The zero-order valence-electron chi connectivity index (χ0n) is 14.9. The van der Waals surface area contributed by atoms with Gasteiger partial charge in [0.15, 0.2) is 0 Å². The Morgan fingerprint density at radius 2 is 2.12 bits per heavy atom. The van der Waals surface area contributed by atoms with E-state index in [9.17, 15) is 9.59 Å². The number of hydrogen-bond acceptors (Lipinski definition) is 5. The number of carbonyl (C=O) groups excluding carboxylic acids is 2. The van der Waals surface area contributed by atoms with Crippen LogP contribution in [-0.4, -0.2) is 55.7 Å². The molecule has 25 heavy (non-hydrogen) atoms. The maximum absolute atomic E-state index is 12.7. The predicted molar refractivity (Wildman–Crippen MR) is 95.4 cm³/mol. The fourth-order valence-corrected chi connectivity index (χ4v) is 2.91. The van der Waals surface area contributed by atoms with Gasteiger partial charge in [0.25, 0.3) is 5.91 Å². The highest BCUT2D eigenvalue weighted by Gasteiger charge is 2.33. The van der Waals surface area contributed by atoms with Crippen LogP contribution in [0.2, 0.25) is 0 Å². The van der Waals surface area contributed by atoms with Crippen LogP contribution in [0.3, 0.4) is 0 Å². The molecule has 0 radical (unpaired) electrons. The van der Waals surface area contributed by atoms with Crippen molar-refractivity contribution in [1.82, 2.24) is 4.90 Å². The molecule has 1 aliphatic heterocycles. The first-order valence-electron chi connectivity index (χ1n) is 8.66. The number of nitrogens with zero attached hydrogens (tertiary/aromatic N) is 1. The Bertz CT molecular complexity index is 593. The molecule has 0 aliphatic carbocycles. The van der Waals surface area contributed by atoms with Crippen molar-refractivity contribution in [3.63, 3.8) is 0 Å². The molecule has 138 valence electrons. The molecule has 1 aromatic rings. The molecule has 2 amide bonds. The van der Waals surface area contributed by atoms with Gasteiger partial charge in [0.1, 0.15) is 11.9 Å². The standard InChI is InChI=1S/C18H27N3O4/c1-3-10-21(18(23)16-9-8-13(11-19)25-16)12-17(22)20-14-6-4-5-7-15(14)24-2/h4-7,13,16H,3,8-12,19H2,1-2H3,(H,20,22)/t13-,16+/m1/s1. The van der Waals surface area contributed by atoms with Gasteiger partial charge in [-0.1, -0.05) is 19.1 Å². The van der Waals surface area contributed by atoms with Gasteiger partial charge in [-0.15, -0.1) is 0 Å². The van der Waals surface area contributed by atoms with Crippen molar-refractivity contribution in [2.45, 2.75) is 38.4 Å². The first-order valence-corrected chi connectivity index (χ1v) is 8.66. The van der Waals surface area contributed by atoms with E-state index in [4.69, 9.17) is 15.2 Å². The minimum atomic E-state index is -0.501. The molecule has 2 atom stereocenters. The molecule has 0 unspecified atom stereocenters. The van der Waals surface area contributed by atoms with Crippen molar-refractivity contribution >= 4 is 17.5 Å². The second-order valence-electron chi connectivity index (χ2n) is 6.07. The number of anilines is 1. The number of methoxy groups -OCH3 is 1. The van der Waals surface area contributed by atoms with Crippen molar-refractivity contribution in [1.29, 1.82) is 0 Å². The van der Waals surface area contributed by atoms with Crippen LogP contribution in [-0.2, 0) is 14.3 Å². The summed E-state index contributed by atoms with van der Waals surface area (Å²) in [5, 5.41) is 2.80. The number of ether oxygens (including phenoxy) is 2. The first kappa shape index (κ1) is 19.2. The number of amides is 2. The van der Waals surface area contributed by atoms with E-state index >= 15 is 0 Å². The molecule has 7 heteroatoms. The van der Waals surface area contributed by atoms with Gasteiger partial charge in [-0.3, -0.25) is 9.59 Å². The van der Waals surface area contributed by atoms with E-state index in [2.05, 4.69) is 5.32 Å². The van der Waals surface area contributed by atoms with E-state index in [-0.39, 0.29) is 24.5 Å². The Morgan fingerprint density at radius 3 is 2.76 bits per heavy atom. The van der Waals surface area contributed by atoms with Crippen molar-refractivity contribution in [3.8, 4) is 5.75 Å². The van der Waals surface area contributed by atoms with Gasteiger partial charge in [-0.05, 0) is 31.4 Å². The topological polar surface area (TPSA) is 93.9 Å². The molecule has 1 aliphatic rings. The lowest BCUT2D eigenvalue weighted by molar-refractivity contribution is -0.144. The molecule has 1 fully saturated rings. The lowest BCUT2D eigenvalue weighted by Gasteiger charge is -2.25. The molecule has 1 heterocycles. The summed E-state index contributed by atoms with van der Waals surface area (Å²) in [4.78, 5) is 26.6. The zero-order valence-corrected chi connectivity index (χ0v) is 14.9. The third-order valence-electron chi connectivity index (χ3n) is 4.17. The predicted octanol–water partition coefficient (Wildman–Crippen LogP) is 1.38. The third-order valence-corrected chi connectivity index (χ3v) is 4.17. The van der Waals surface area contributed by atoms with Gasteiger partial charge in [-0.2, -0.15) is 0 Å². The molecule has 0 aromatic heterocycles. The summed E-state index contributed by atoms with van der Waals surface area (Å²) in [6.07, 6.45) is 1.62. The SMILES string of the molecule is CCCN(CC(=O)Nc1ccccc1OC)C(=O)[C@@H]1CC[C@H](CN)O1. The van der Waals surface area contributed by atoms with Crippen LogP contribution in [0.1, 0.15) is 26.2 Å². The van der Waals surface area contributed by atoms with Crippen LogP contribution in [0, 0.1) is 0 Å². The van der Waals surface area contributed by atoms with Gasteiger partial charge in [0.05, 0.1) is 25.4 Å². The maximum atomic E-state index is 12.7. The summed E-state index contributed by atoms with van der Waals surface area (Å²) in [5.74, 6) is 0.168. The van der Waals surface area contributed by atoms with E-state index < -0.39 is 6.10 Å². The highest BCUT2D eigenvalue weighted by molar-refractivity contribution is 5.96. The van der Waals surface area contributed by atoms with E-state index in [1.807, 2.05) is 19.1 Å². The Morgan fingerprint density at radius 1 is 1.36 bits per heavy atom. The van der Waals surface area contributed by atoms with Gasteiger partial charge < -0.3 is 25.4 Å². The van der Waals surface area contributed by atoms with E-state index in [0.717, 1.165) is 12.8 Å². The number of nitrogens with one attached hydrogen (secondary N) is 1. The van der Waals surface area contributed by atoms with Crippen molar-refractivity contribution < 1.29 is 19.1 Å². The zero-order chi connectivity index (χ0) is 18.2. The molecular weight excluding hydrogens is 322 g/mol. The highest BCUT2D eigenvalue weighted by atomic mass is 16.5. The normalized spacial score (nSPS) is 19.5. The van der Waals surface area contributed by atoms with Gasteiger partial charge >= 0.3 is 0 Å². The minimum absolute atomic E-state index is 0.0160. The van der Waals surface area contributed by atoms with Crippen LogP contribution >= 0.6 is 0 Å². The smallest absolute Gasteiger partial charge is 0.252 e. The Hall–Kier alpha value is -2.12. The van der Waals surface area contributed by atoms with Gasteiger partial charge in [0, 0.05) is 13.1 Å². The Balaban J connectivity index is 1.98. The fraction of sp³-hybridized carbons (Fsp3) is 0.556. The second kappa shape index (κ2) is 9.39. The summed E-state index contributed by atoms with van der Waals surface area (Å²) in [7, 11) is 1.54. The number of nitrogens with two attached hydrogens (primary N) is 1. The molecule has 1 aromatic carbocycles. The van der Waals surface area contributed by atoms with E-state index in [1.54, 1.807) is 24.1 Å². The van der Waals surface area contributed by atoms with Crippen molar-refractivity contribution in [2.24, 2.45) is 5.73 Å². The highest BCUT2D eigenvalue weighted by Crippen LogP contribution is 2.23. The monoisotopic (exact) mass is 349 g/mol. The maximum Gasteiger partial charge on any atom is 0.252 e. The van der Waals surface area contributed by atoms with Crippen LogP contribution in [0.5, 0.6) is 5.75 Å². The Labute approximate surface area is 148 Å². The lowest BCUT2D eigenvalue weighted by atomic mass is 10.1. The molecule has 1 saturated heterocycles.